The van der Waals surface area contributed by atoms with Gasteiger partial charge in [0.1, 0.15) is 0 Å². The van der Waals surface area contributed by atoms with Crippen LogP contribution in [0.3, 0.4) is 0 Å². The number of halogens is 3. The zero-order valence-electron chi connectivity index (χ0n) is 12.9. The van der Waals surface area contributed by atoms with Crippen molar-refractivity contribution in [1.82, 2.24) is 5.06 Å². The van der Waals surface area contributed by atoms with Crippen LogP contribution in [0.25, 0.3) is 0 Å². The standard InChI is InChI=1S/C14H19Cl2N5O.ClH/c1-14(2)20-12(17)19-13(18)21(14)22-7-3-4-9-5-6-10(15)11(16)8-9;/h5-6,8H,3-4,7H2,1-2H3,(H4,17,18,19,20);1H. The van der Waals surface area contributed by atoms with Gasteiger partial charge in [-0.2, -0.15) is 10.1 Å². The van der Waals surface area contributed by atoms with Crippen molar-refractivity contribution in [2.24, 2.45) is 21.5 Å². The fraction of sp³-hybridized carbons (Fsp3) is 0.429. The molecule has 0 aromatic heterocycles. The summed E-state index contributed by atoms with van der Waals surface area (Å²) in [6.07, 6.45) is 1.60. The highest BCUT2D eigenvalue weighted by Crippen LogP contribution is 2.23. The second kappa shape index (κ2) is 8.06. The summed E-state index contributed by atoms with van der Waals surface area (Å²) in [5.74, 6) is 0.352. The molecule has 0 fully saturated rings. The van der Waals surface area contributed by atoms with E-state index in [1.54, 1.807) is 6.07 Å². The van der Waals surface area contributed by atoms with Gasteiger partial charge in [0, 0.05) is 0 Å². The van der Waals surface area contributed by atoms with Crippen LogP contribution in [0, 0.1) is 0 Å². The molecule has 1 heterocycles. The van der Waals surface area contributed by atoms with E-state index in [2.05, 4.69) is 9.98 Å². The van der Waals surface area contributed by atoms with Gasteiger partial charge < -0.3 is 11.5 Å². The van der Waals surface area contributed by atoms with Crippen molar-refractivity contribution in [3.8, 4) is 0 Å². The van der Waals surface area contributed by atoms with Crippen LogP contribution < -0.4 is 11.5 Å². The molecule has 0 aliphatic carbocycles. The monoisotopic (exact) mass is 379 g/mol. The Balaban J connectivity index is 0.00000264. The van der Waals surface area contributed by atoms with Crippen LogP contribution in [0.1, 0.15) is 25.8 Å². The van der Waals surface area contributed by atoms with Gasteiger partial charge in [-0.15, -0.1) is 12.4 Å². The van der Waals surface area contributed by atoms with Crippen LogP contribution >= 0.6 is 35.6 Å². The van der Waals surface area contributed by atoms with Gasteiger partial charge >= 0.3 is 0 Å². The molecule has 128 valence electrons. The zero-order chi connectivity index (χ0) is 16.3. The Morgan fingerprint density at radius 3 is 2.52 bits per heavy atom. The SMILES string of the molecule is CC1(C)N=C(N)N=C(N)N1OCCCc1ccc(Cl)c(Cl)c1.Cl. The van der Waals surface area contributed by atoms with Crippen LogP contribution in [-0.4, -0.2) is 29.3 Å². The average Bonchev–Trinajstić information content (AvgIpc) is 2.40. The molecule has 0 unspecified atom stereocenters. The summed E-state index contributed by atoms with van der Waals surface area (Å²) in [6, 6.07) is 5.59. The molecule has 9 heteroatoms. The summed E-state index contributed by atoms with van der Waals surface area (Å²) in [5.41, 5.74) is 11.8. The largest absolute Gasteiger partial charge is 0.368 e. The van der Waals surface area contributed by atoms with E-state index < -0.39 is 5.66 Å². The van der Waals surface area contributed by atoms with Crippen molar-refractivity contribution in [2.45, 2.75) is 32.4 Å². The van der Waals surface area contributed by atoms with Gasteiger partial charge in [0.25, 0.3) is 0 Å². The number of aliphatic imine (C=N–C) groups is 2. The van der Waals surface area contributed by atoms with Gasteiger partial charge in [-0.25, -0.2) is 4.99 Å². The Hall–Kier alpha value is -1.21. The molecule has 6 nitrogen and oxygen atoms in total. The zero-order valence-corrected chi connectivity index (χ0v) is 15.3. The normalized spacial score (nSPS) is 16.4. The highest BCUT2D eigenvalue weighted by atomic mass is 35.5. The van der Waals surface area contributed by atoms with Crippen molar-refractivity contribution in [1.29, 1.82) is 0 Å². The van der Waals surface area contributed by atoms with Gasteiger partial charge in [0.2, 0.25) is 11.9 Å². The first-order valence-corrected chi connectivity index (χ1v) is 7.62. The molecule has 1 aliphatic rings. The van der Waals surface area contributed by atoms with E-state index in [0.29, 0.717) is 16.7 Å². The summed E-state index contributed by atoms with van der Waals surface area (Å²) < 4.78 is 0. The lowest BCUT2D eigenvalue weighted by molar-refractivity contribution is -0.157. The van der Waals surface area contributed by atoms with Gasteiger partial charge in [-0.3, -0.25) is 4.84 Å². The lowest BCUT2D eigenvalue weighted by Gasteiger charge is -2.36. The highest BCUT2D eigenvalue weighted by molar-refractivity contribution is 6.42. The van der Waals surface area contributed by atoms with Gasteiger partial charge in [0.05, 0.1) is 16.7 Å². The number of benzene rings is 1. The van der Waals surface area contributed by atoms with E-state index in [1.807, 2.05) is 26.0 Å². The van der Waals surface area contributed by atoms with Crippen LogP contribution in [0.4, 0.5) is 0 Å². The second-order valence-electron chi connectivity index (χ2n) is 5.41. The molecule has 2 rings (SSSR count). The molecule has 23 heavy (non-hydrogen) atoms. The summed E-state index contributed by atoms with van der Waals surface area (Å²) in [6.45, 7) is 4.16. The first kappa shape index (κ1) is 19.8. The fourth-order valence-electron chi connectivity index (χ4n) is 2.15. The third-order valence-corrected chi connectivity index (χ3v) is 3.88. The fourth-order valence-corrected chi connectivity index (χ4v) is 2.47. The predicted molar refractivity (Wildman–Crippen MR) is 97.1 cm³/mol. The van der Waals surface area contributed by atoms with Crippen LogP contribution in [-0.2, 0) is 11.3 Å². The molecule has 4 N–H and O–H groups in total. The Morgan fingerprint density at radius 1 is 1.22 bits per heavy atom. The van der Waals surface area contributed by atoms with E-state index in [0.717, 1.165) is 18.4 Å². The van der Waals surface area contributed by atoms with Crippen LogP contribution in [0.5, 0.6) is 0 Å². The number of aryl methyl sites for hydroxylation is 1. The molecule has 0 bridgehead atoms. The minimum Gasteiger partial charge on any atom is -0.368 e. The number of hydroxylamine groups is 2. The predicted octanol–water partition coefficient (Wildman–Crippen LogP) is 2.96. The van der Waals surface area contributed by atoms with Crippen molar-refractivity contribution in [3.05, 3.63) is 33.8 Å². The number of hydrogen-bond donors (Lipinski definition) is 2. The smallest absolute Gasteiger partial charge is 0.226 e. The third-order valence-electron chi connectivity index (χ3n) is 3.14. The lowest BCUT2D eigenvalue weighted by atomic mass is 10.1. The molecule has 0 spiro atoms. The molecule has 1 aromatic rings. The highest BCUT2D eigenvalue weighted by Gasteiger charge is 2.32. The van der Waals surface area contributed by atoms with Crippen molar-refractivity contribution < 1.29 is 4.84 Å². The first-order valence-electron chi connectivity index (χ1n) is 6.86. The van der Waals surface area contributed by atoms with Gasteiger partial charge in [-0.05, 0) is 44.4 Å². The maximum Gasteiger partial charge on any atom is 0.226 e. The minimum absolute atomic E-state index is 0. The number of nitrogens with zero attached hydrogens (tertiary/aromatic N) is 3. The molecule has 0 amide bonds. The number of rotatable bonds is 5. The minimum atomic E-state index is -0.681. The molecule has 0 saturated carbocycles. The van der Waals surface area contributed by atoms with E-state index in [4.69, 9.17) is 39.5 Å². The van der Waals surface area contributed by atoms with E-state index in [9.17, 15) is 0 Å². The first-order chi connectivity index (χ1) is 10.3. The molecular formula is C14H20Cl3N5O. The van der Waals surface area contributed by atoms with Crippen molar-refractivity contribution >= 4 is 47.5 Å². The Morgan fingerprint density at radius 2 is 1.91 bits per heavy atom. The molecule has 1 aromatic carbocycles. The summed E-state index contributed by atoms with van der Waals surface area (Å²) in [7, 11) is 0. The van der Waals surface area contributed by atoms with Crippen LogP contribution in [0.15, 0.2) is 28.2 Å². The maximum absolute atomic E-state index is 5.99. The Labute approximate surface area is 151 Å². The summed E-state index contributed by atoms with van der Waals surface area (Å²) in [5, 5.41) is 2.58. The summed E-state index contributed by atoms with van der Waals surface area (Å²) in [4.78, 5) is 13.8. The third kappa shape index (κ3) is 5.14. The number of hydrogen-bond acceptors (Lipinski definition) is 6. The lowest BCUT2D eigenvalue weighted by Crippen LogP contribution is -2.53. The van der Waals surface area contributed by atoms with E-state index in [1.165, 1.54) is 5.06 Å². The maximum atomic E-state index is 5.99. The molecular weight excluding hydrogens is 361 g/mol. The quantitative estimate of drug-likeness (QED) is 0.769. The Kier molecular flexibility index (Phi) is 6.95. The molecule has 0 saturated heterocycles. The summed E-state index contributed by atoms with van der Waals surface area (Å²) >= 11 is 11.9. The van der Waals surface area contributed by atoms with Gasteiger partial charge in [0.15, 0.2) is 5.66 Å². The van der Waals surface area contributed by atoms with Crippen molar-refractivity contribution in [3.63, 3.8) is 0 Å². The van der Waals surface area contributed by atoms with Crippen LogP contribution in [0.2, 0.25) is 10.0 Å². The average molecular weight is 381 g/mol. The van der Waals surface area contributed by atoms with E-state index >= 15 is 0 Å². The van der Waals surface area contributed by atoms with Gasteiger partial charge in [-0.1, -0.05) is 29.3 Å². The number of guanidine groups is 2. The Bertz CT molecular complexity index is 618. The molecule has 0 radical (unpaired) electrons. The number of nitrogens with two attached hydrogens (primary N) is 2. The molecule has 0 atom stereocenters. The van der Waals surface area contributed by atoms with Crippen molar-refractivity contribution in [2.75, 3.05) is 6.61 Å². The topological polar surface area (TPSA) is 89.2 Å². The molecule has 1 aliphatic heterocycles. The van der Waals surface area contributed by atoms with E-state index in [-0.39, 0.29) is 24.3 Å². The second-order valence-corrected chi connectivity index (χ2v) is 6.23.